The van der Waals surface area contributed by atoms with Gasteiger partial charge in [-0.1, -0.05) is 6.07 Å². The molecule has 24 heavy (non-hydrogen) atoms. The number of aromatic nitrogens is 2. The van der Waals surface area contributed by atoms with Crippen LogP contribution in [-0.2, 0) is 10.0 Å². The normalized spacial score (nSPS) is 16.7. The number of halogens is 1. The van der Waals surface area contributed by atoms with E-state index in [9.17, 15) is 17.6 Å². The average Bonchev–Trinajstić information content (AvgIpc) is 2.83. The molecule has 130 valence electrons. The van der Waals surface area contributed by atoms with Gasteiger partial charge in [-0.2, -0.15) is 4.39 Å². The van der Waals surface area contributed by atoms with Gasteiger partial charge < -0.3 is 4.90 Å². The highest BCUT2D eigenvalue weighted by molar-refractivity contribution is 7.88. The molecule has 1 amide bonds. The fourth-order valence-electron chi connectivity index (χ4n) is 2.91. The third-order valence-electron chi connectivity index (χ3n) is 4.07. The molecule has 0 atom stereocenters. The summed E-state index contributed by atoms with van der Waals surface area (Å²) in [7, 11) is -3.27. The van der Waals surface area contributed by atoms with Crippen LogP contribution in [0.4, 0.5) is 4.39 Å². The van der Waals surface area contributed by atoms with Gasteiger partial charge in [0.05, 0.1) is 6.26 Å². The molecule has 0 radical (unpaired) electrons. The topological polar surface area (TPSA) is 83.8 Å². The van der Waals surface area contributed by atoms with E-state index >= 15 is 0 Å². The second kappa shape index (κ2) is 6.14. The van der Waals surface area contributed by atoms with Gasteiger partial charge in [0.1, 0.15) is 5.65 Å². The summed E-state index contributed by atoms with van der Waals surface area (Å²) >= 11 is 0. The zero-order valence-corrected chi connectivity index (χ0v) is 14.3. The maximum atomic E-state index is 14.5. The molecule has 1 saturated heterocycles. The van der Waals surface area contributed by atoms with Gasteiger partial charge in [0, 0.05) is 25.3 Å². The number of likely N-dealkylation sites (tertiary alicyclic amines) is 1. The van der Waals surface area contributed by atoms with Gasteiger partial charge in [0.2, 0.25) is 16.0 Å². The second-order valence-corrected chi connectivity index (χ2v) is 7.92. The number of piperidine rings is 1. The standard InChI is InChI=1S/C15H19FN4O3S/c1-10-3-4-12-17-13(14(16)20(12)9-10)15(21)19-7-5-11(6-8-19)18-24(2,22)23/h3-4,9,11,18H,5-8H2,1-2H3. The van der Waals surface area contributed by atoms with E-state index in [1.807, 2.05) is 6.92 Å². The summed E-state index contributed by atoms with van der Waals surface area (Å²) in [4.78, 5) is 18.1. The summed E-state index contributed by atoms with van der Waals surface area (Å²) in [5.74, 6) is -1.14. The Morgan fingerprint density at radius 2 is 2.00 bits per heavy atom. The monoisotopic (exact) mass is 354 g/mol. The van der Waals surface area contributed by atoms with Crippen molar-refractivity contribution in [1.82, 2.24) is 19.0 Å². The summed E-state index contributed by atoms with van der Waals surface area (Å²) in [6, 6.07) is 3.27. The Morgan fingerprint density at radius 3 is 2.62 bits per heavy atom. The number of nitrogens with one attached hydrogen (secondary N) is 1. The molecule has 7 nitrogen and oxygen atoms in total. The minimum Gasteiger partial charge on any atom is -0.337 e. The van der Waals surface area contributed by atoms with E-state index in [2.05, 4.69) is 9.71 Å². The number of amides is 1. The second-order valence-electron chi connectivity index (χ2n) is 6.14. The van der Waals surface area contributed by atoms with E-state index in [1.165, 1.54) is 9.30 Å². The van der Waals surface area contributed by atoms with Crippen LogP contribution in [0.1, 0.15) is 28.9 Å². The summed E-state index contributed by atoms with van der Waals surface area (Å²) < 4.78 is 40.8. The van der Waals surface area contributed by atoms with Crippen molar-refractivity contribution >= 4 is 21.6 Å². The Bertz CT molecular complexity index is 886. The molecule has 1 fully saturated rings. The molecule has 3 rings (SSSR count). The van der Waals surface area contributed by atoms with Crippen molar-refractivity contribution in [2.24, 2.45) is 0 Å². The third-order valence-corrected chi connectivity index (χ3v) is 4.84. The van der Waals surface area contributed by atoms with Crippen LogP contribution >= 0.6 is 0 Å². The lowest BCUT2D eigenvalue weighted by atomic mass is 10.1. The minimum absolute atomic E-state index is 0.197. The molecule has 0 unspecified atom stereocenters. The Labute approximate surface area is 139 Å². The van der Waals surface area contributed by atoms with Gasteiger partial charge in [-0.25, -0.2) is 18.1 Å². The predicted octanol–water partition coefficient (Wildman–Crippen LogP) is 0.936. The van der Waals surface area contributed by atoms with Crippen LogP contribution in [0.3, 0.4) is 0 Å². The third kappa shape index (κ3) is 3.41. The van der Waals surface area contributed by atoms with E-state index < -0.39 is 21.9 Å². The van der Waals surface area contributed by atoms with Crippen molar-refractivity contribution in [3.63, 3.8) is 0 Å². The number of aryl methyl sites for hydroxylation is 1. The zero-order valence-electron chi connectivity index (χ0n) is 13.5. The zero-order chi connectivity index (χ0) is 17.5. The molecule has 1 aliphatic rings. The molecule has 3 heterocycles. The molecule has 0 aromatic carbocycles. The van der Waals surface area contributed by atoms with Crippen LogP contribution in [0.5, 0.6) is 0 Å². The summed E-state index contributed by atoms with van der Waals surface area (Å²) in [5, 5.41) is 0. The Balaban J connectivity index is 1.75. The van der Waals surface area contributed by atoms with Crippen molar-refractivity contribution in [2.75, 3.05) is 19.3 Å². The van der Waals surface area contributed by atoms with Crippen LogP contribution < -0.4 is 4.72 Å². The van der Waals surface area contributed by atoms with Crippen molar-refractivity contribution in [3.8, 4) is 0 Å². The van der Waals surface area contributed by atoms with Gasteiger partial charge in [-0.3, -0.25) is 9.20 Å². The molecular weight excluding hydrogens is 335 g/mol. The molecule has 9 heteroatoms. The highest BCUT2D eigenvalue weighted by Gasteiger charge is 2.29. The smallest absolute Gasteiger partial charge is 0.277 e. The van der Waals surface area contributed by atoms with Gasteiger partial charge in [-0.05, 0) is 31.4 Å². The fraction of sp³-hybridized carbons (Fsp3) is 0.467. The van der Waals surface area contributed by atoms with Crippen LogP contribution in [-0.4, -0.2) is 54.0 Å². The van der Waals surface area contributed by atoms with Crippen LogP contribution in [0.2, 0.25) is 0 Å². The number of fused-ring (bicyclic) bond motifs is 1. The Morgan fingerprint density at radius 1 is 1.33 bits per heavy atom. The highest BCUT2D eigenvalue weighted by atomic mass is 32.2. The lowest BCUT2D eigenvalue weighted by molar-refractivity contribution is 0.0700. The highest BCUT2D eigenvalue weighted by Crippen LogP contribution is 2.18. The molecule has 0 bridgehead atoms. The average molecular weight is 354 g/mol. The molecule has 1 aliphatic heterocycles. The van der Waals surface area contributed by atoms with E-state index in [0.717, 1.165) is 11.8 Å². The largest absolute Gasteiger partial charge is 0.337 e. The molecule has 0 aliphatic carbocycles. The van der Waals surface area contributed by atoms with E-state index in [4.69, 9.17) is 0 Å². The van der Waals surface area contributed by atoms with Crippen LogP contribution in [0.25, 0.3) is 5.65 Å². The van der Waals surface area contributed by atoms with Crippen molar-refractivity contribution < 1.29 is 17.6 Å². The molecule has 0 saturated carbocycles. The van der Waals surface area contributed by atoms with Crippen LogP contribution in [0, 0.1) is 12.9 Å². The predicted molar refractivity (Wildman–Crippen MR) is 86.8 cm³/mol. The summed E-state index contributed by atoms with van der Waals surface area (Å²) in [6.07, 6.45) is 3.69. The maximum Gasteiger partial charge on any atom is 0.277 e. The lowest BCUT2D eigenvalue weighted by Gasteiger charge is -2.31. The molecule has 2 aromatic heterocycles. The first-order chi connectivity index (χ1) is 11.2. The van der Waals surface area contributed by atoms with E-state index in [-0.39, 0.29) is 11.7 Å². The number of hydrogen-bond acceptors (Lipinski definition) is 4. The minimum atomic E-state index is -3.27. The van der Waals surface area contributed by atoms with E-state index in [1.54, 1.807) is 18.3 Å². The van der Waals surface area contributed by atoms with Gasteiger partial charge in [0.25, 0.3) is 5.91 Å². The van der Waals surface area contributed by atoms with Gasteiger partial charge in [0.15, 0.2) is 5.69 Å². The Hall–Kier alpha value is -2.00. The summed E-state index contributed by atoms with van der Waals surface area (Å²) in [5.41, 5.74) is 1.05. The number of nitrogens with zero attached hydrogens (tertiary/aromatic N) is 3. The maximum absolute atomic E-state index is 14.5. The SMILES string of the molecule is Cc1ccc2nc(C(=O)N3CCC(NS(C)(=O)=O)CC3)c(F)n2c1. The number of hydrogen-bond donors (Lipinski definition) is 1. The number of rotatable bonds is 3. The van der Waals surface area contributed by atoms with Crippen LogP contribution in [0.15, 0.2) is 18.3 Å². The number of carbonyl (C=O) groups is 1. The molecular formula is C15H19FN4O3S. The first-order valence-corrected chi connectivity index (χ1v) is 9.54. The lowest BCUT2D eigenvalue weighted by Crippen LogP contribution is -2.46. The first-order valence-electron chi connectivity index (χ1n) is 7.65. The number of imidazole rings is 1. The van der Waals surface area contributed by atoms with Gasteiger partial charge in [-0.15, -0.1) is 0 Å². The molecule has 0 spiro atoms. The van der Waals surface area contributed by atoms with Crippen molar-refractivity contribution in [1.29, 1.82) is 0 Å². The first kappa shape index (κ1) is 16.8. The fourth-order valence-corrected chi connectivity index (χ4v) is 3.75. The molecule has 1 N–H and O–H groups in total. The molecule has 2 aromatic rings. The van der Waals surface area contributed by atoms with Gasteiger partial charge >= 0.3 is 0 Å². The van der Waals surface area contributed by atoms with Crippen molar-refractivity contribution in [2.45, 2.75) is 25.8 Å². The number of sulfonamides is 1. The number of carbonyl (C=O) groups excluding carboxylic acids is 1. The quantitative estimate of drug-likeness (QED) is 0.889. The number of pyridine rings is 1. The van der Waals surface area contributed by atoms with Crippen molar-refractivity contribution in [3.05, 3.63) is 35.5 Å². The summed E-state index contributed by atoms with van der Waals surface area (Å²) in [6.45, 7) is 2.55. The van der Waals surface area contributed by atoms with E-state index in [0.29, 0.717) is 31.6 Å². The Kier molecular flexibility index (Phi) is 4.31.